The molecule has 98 valence electrons. The number of ether oxygens (including phenoxy) is 1. The molecule has 0 bridgehead atoms. The fraction of sp³-hybridized carbons (Fsp3) is 0.556. The molecular formula is C9H13Br2NO3S2. The molecule has 1 aromatic rings. The summed E-state index contributed by atoms with van der Waals surface area (Å²) in [5, 5.41) is 1.74. The first kappa shape index (κ1) is 15.6. The summed E-state index contributed by atoms with van der Waals surface area (Å²) in [6.07, 6.45) is 0. The van der Waals surface area contributed by atoms with Gasteiger partial charge in [-0.3, -0.25) is 0 Å². The second kappa shape index (κ2) is 6.63. The maximum atomic E-state index is 12.2. The van der Waals surface area contributed by atoms with Gasteiger partial charge in [-0.2, -0.15) is 4.31 Å². The highest BCUT2D eigenvalue weighted by molar-refractivity contribution is 9.10. The molecular weight excluding hydrogens is 394 g/mol. The van der Waals surface area contributed by atoms with Gasteiger partial charge < -0.3 is 4.74 Å². The monoisotopic (exact) mass is 405 g/mol. The minimum absolute atomic E-state index is 0.0222. The molecule has 0 aromatic carbocycles. The Morgan fingerprint density at radius 2 is 2.24 bits per heavy atom. The van der Waals surface area contributed by atoms with Crippen LogP contribution >= 0.6 is 43.2 Å². The molecule has 1 aromatic heterocycles. The molecule has 0 radical (unpaired) electrons. The SMILES string of the molecule is COCC(Br)CN(C)S(=O)(=O)c1sccc1Br. The number of halogens is 2. The van der Waals surface area contributed by atoms with Crippen molar-refractivity contribution in [3.8, 4) is 0 Å². The third kappa shape index (κ3) is 4.00. The average molecular weight is 407 g/mol. The van der Waals surface area contributed by atoms with Crippen molar-refractivity contribution in [2.45, 2.75) is 9.04 Å². The van der Waals surface area contributed by atoms with Crippen LogP contribution in [0.3, 0.4) is 0 Å². The number of alkyl halides is 1. The standard InChI is InChI=1S/C9H13Br2NO3S2/c1-12(5-7(10)6-15-2)17(13,14)9-8(11)3-4-16-9/h3-4,7H,5-6H2,1-2H3. The largest absolute Gasteiger partial charge is 0.383 e. The molecule has 1 atom stereocenters. The third-order valence-electron chi connectivity index (χ3n) is 2.03. The van der Waals surface area contributed by atoms with Gasteiger partial charge in [-0.05, 0) is 27.4 Å². The minimum atomic E-state index is -3.42. The number of hydrogen-bond acceptors (Lipinski definition) is 4. The molecule has 8 heteroatoms. The topological polar surface area (TPSA) is 46.6 Å². The number of nitrogens with zero attached hydrogens (tertiary/aromatic N) is 1. The van der Waals surface area contributed by atoms with Gasteiger partial charge in [-0.1, -0.05) is 15.9 Å². The van der Waals surface area contributed by atoms with Crippen LogP contribution in [0, 0.1) is 0 Å². The first-order chi connectivity index (χ1) is 7.89. The van der Waals surface area contributed by atoms with Crippen LogP contribution in [-0.4, -0.2) is 44.9 Å². The zero-order valence-corrected chi connectivity index (χ0v) is 14.2. The predicted molar refractivity (Wildman–Crippen MR) is 76.4 cm³/mol. The van der Waals surface area contributed by atoms with Gasteiger partial charge in [0.1, 0.15) is 4.21 Å². The second-order valence-corrected chi connectivity index (χ2v) is 8.70. The summed E-state index contributed by atoms with van der Waals surface area (Å²) in [6.45, 7) is 0.825. The van der Waals surface area contributed by atoms with Crippen LogP contribution in [0.25, 0.3) is 0 Å². The minimum Gasteiger partial charge on any atom is -0.383 e. The Kier molecular flexibility index (Phi) is 6.07. The van der Waals surface area contributed by atoms with Crippen molar-refractivity contribution in [3.05, 3.63) is 15.9 Å². The fourth-order valence-electron chi connectivity index (χ4n) is 1.22. The van der Waals surface area contributed by atoms with Crippen LogP contribution in [0.15, 0.2) is 20.1 Å². The third-order valence-corrected chi connectivity index (χ3v) is 7.06. The molecule has 0 saturated carbocycles. The Balaban J connectivity index is 2.81. The maximum Gasteiger partial charge on any atom is 0.253 e. The molecule has 17 heavy (non-hydrogen) atoms. The van der Waals surface area contributed by atoms with Crippen molar-refractivity contribution >= 4 is 53.2 Å². The molecule has 0 saturated heterocycles. The normalized spacial score (nSPS) is 14.2. The fourth-order valence-corrected chi connectivity index (χ4v) is 5.82. The highest BCUT2D eigenvalue weighted by Crippen LogP contribution is 2.29. The molecule has 1 unspecified atom stereocenters. The smallest absolute Gasteiger partial charge is 0.253 e. The first-order valence-corrected chi connectivity index (χ1v) is 8.74. The Hall–Kier alpha value is 0.530. The lowest BCUT2D eigenvalue weighted by molar-refractivity contribution is 0.195. The molecule has 1 heterocycles. The zero-order chi connectivity index (χ0) is 13.1. The zero-order valence-electron chi connectivity index (χ0n) is 9.39. The van der Waals surface area contributed by atoms with Gasteiger partial charge in [0.25, 0.3) is 10.0 Å². The van der Waals surface area contributed by atoms with E-state index in [1.807, 2.05) is 0 Å². The Morgan fingerprint density at radius 3 is 2.71 bits per heavy atom. The van der Waals surface area contributed by atoms with Gasteiger partial charge in [-0.25, -0.2) is 8.42 Å². The van der Waals surface area contributed by atoms with E-state index in [4.69, 9.17) is 4.74 Å². The van der Waals surface area contributed by atoms with Crippen molar-refractivity contribution in [2.75, 3.05) is 27.3 Å². The molecule has 0 aliphatic carbocycles. The van der Waals surface area contributed by atoms with Crippen molar-refractivity contribution in [1.82, 2.24) is 4.31 Å². The van der Waals surface area contributed by atoms with E-state index in [0.29, 0.717) is 21.8 Å². The number of hydrogen-bond donors (Lipinski definition) is 0. The Morgan fingerprint density at radius 1 is 1.59 bits per heavy atom. The van der Waals surface area contributed by atoms with Crippen LogP contribution in [0.5, 0.6) is 0 Å². The summed E-state index contributed by atoms with van der Waals surface area (Å²) < 4.78 is 31.6. The van der Waals surface area contributed by atoms with E-state index < -0.39 is 10.0 Å². The van der Waals surface area contributed by atoms with Crippen molar-refractivity contribution in [2.24, 2.45) is 0 Å². The van der Waals surface area contributed by atoms with E-state index in [1.165, 1.54) is 15.6 Å². The summed E-state index contributed by atoms with van der Waals surface area (Å²) in [6, 6.07) is 1.73. The summed E-state index contributed by atoms with van der Waals surface area (Å²) >= 11 is 7.81. The van der Waals surface area contributed by atoms with E-state index >= 15 is 0 Å². The molecule has 0 aliphatic rings. The molecule has 0 amide bonds. The summed E-state index contributed by atoms with van der Waals surface area (Å²) in [5.74, 6) is 0. The molecule has 1 rings (SSSR count). The highest BCUT2D eigenvalue weighted by Gasteiger charge is 2.26. The van der Waals surface area contributed by atoms with Crippen LogP contribution in [0.4, 0.5) is 0 Å². The van der Waals surface area contributed by atoms with Gasteiger partial charge in [-0.15, -0.1) is 11.3 Å². The van der Waals surface area contributed by atoms with Crippen molar-refractivity contribution in [1.29, 1.82) is 0 Å². The molecule has 0 aliphatic heterocycles. The summed E-state index contributed by atoms with van der Waals surface area (Å²) in [4.78, 5) is -0.0222. The van der Waals surface area contributed by atoms with E-state index in [0.717, 1.165) is 0 Å². The van der Waals surface area contributed by atoms with E-state index in [-0.39, 0.29) is 4.83 Å². The average Bonchev–Trinajstić information content (AvgIpc) is 2.65. The molecule has 0 spiro atoms. The van der Waals surface area contributed by atoms with Gasteiger partial charge >= 0.3 is 0 Å². The number of rotatable bonds is 6. The van der Waals surface area contributed by atoms with Crippen LogP contribution in [0.1, 0.15) is 0 Å². The van der Waals surface area contributed by atoms with E-state index in [2.05, 4.69) is 31.9 Å². The summed E-state index contributed by atoms with van der Waals surface area (Å²) in [7, 11) is -0.277. The van der Waals surface area contributed by atoms with E-state index in [9.17, 15) is 8.42 Å². The van der Waals surface area contributed by atoms with Gasteiger partial charge in [0.15, 0.2) is 0 Å². The van der Waals surface area contributed by atoms with Gasteiger partial charge in [0, 0.05) is 25.2 Å². The van der Waals surface area contributed by atoms with Gasteiger partial charge in [0.2, 0.25) is 0 Å². The Labute approximate surface area is 122 Å². The summed E-state index contributed by atoms with van der Waals surface area (Å²) in [5.41, 5.74) is 0. The van der Waals surface area contributed by atoms with Crippen LogP contribution in [0.2, 0.25) is 0 Å². The van der Waals surface area contributed by atoms with Crippen LogP contribution in [-0.2, 0) is 14.8 Å². The maximum absolute atomic E-state index is 12.2. The Bertz CT molecular complexity index is 461. The lowest BCUT2D eigenvalue weighted by atomic mass is 10.4. The quantitative estimate of drug-likeness (QED) is 0.682. The number of sulfonamides is 1. The highest BCUT2D eigenvalue weighted by atomic mass is 79.9. The lowest BCUT2D eigenvalue weighted by Crippen LogP contribution is -2.33. The van der Waals surface area contributed by atoms with Crippen LogP contribution < -0.4 is 0 Å². The second-order valence-electron chi connectivity index (χ2n) is 3.39. The first-order valence-electron chi connectivity index (χ1n) is 4.72. The lowest BCUT2D eigenvalue weighted by Gasteiger charge is -2.19. The van der Waals surface area contributed by atoms with Crippen molar-refractivity contribution < 1.29 is 13.2 Å². The number of thiophene rings is 1. The predicted octanol–water partition coefficient (Wildman–Crippen LogP) is 2.54. The van der Waals surface area contributed by atoms with Gasteiger partial charge in [0.05, 0.1) is 11.4 Å². The molecule has 4 nitrogen and oxygen atoms in total. The number of methoxy groups -OCH3 is 1. The van der Waals surface area contributed by atoms with E-state index in [1.54, 1.807) is 25.6 Å². The molecule has 0 N–H and O–H groups in total. The molecule has 0 fully saturated rings. The van der Waals surface area contributed by atoms with Crippen molar-refractivity contribution in [3.63, 3.8) is 0 Å².